The second kappa shape index (κ2) is 9.34. The van der Waals surface area contributed by atoms with Crippen LogP contribution in [0.5, 0.6) is 5.75 Å². The van der Waals surface area contributed by atoms with Crippen molar-refractivity contribution in [2.45, 2.75) is 43.5 Å². The smallest absolute Gasteiger partial charge is 0.406 e. The van der Waals surface area contributed by atoms with Gasteiger partial charge in [0.2, 0.25) is 10.0 Å². The largest absolute Gasteiger partial charge is 0.573 e. The molecule has 0 saturated carbocycles. The number of halogens is 3. The fourth-order valence-electron chi connectivity index (χ4n) is 3.43. The Balaban J connectivity index is 1.58. The lowest BCUT2D eigenvalue weighted by Gasteiger charge is -2.30. The molecular weight excluding hydrogens is 447 g/mol. The number of benzene rings is 1. The minimum atomic E-state index is -4.85. The van der Waals surface area contributed by atoms with Crippen LogP contribution in [-0.2, 0) is 14.9 Å². The number of hydrogen-bond donors (Lipinski definition) is 0. The minimum absolute atomic E-state index is 0.117. The van der Waals surface area contributed by atoms with Crippen LogP contribution in [0.25, 0.3) is 0 Å². The summed E-state index contributed by atoms with van der Waals surface area (Å²) in [5.41, 5.74) is -0.322. The van der Waals surface area contributed by atoms with E-state index in [0.29, 0.717) is 25.0 Å². The highest BCUT2D eigenvalue weighted by Crippen LogP contribution is 2.30. The highest BCUT2D eigenvalue weighted by atomic mass is 32.2. The van der Waals surface area contributed by atoms with Crippen molar-refractivity contribution < 1.29 is 31.2 Å². The van der Waals surface area contributed by atoms with E-state index in [1.807, 2.05) is 12.2 Å². The summed E-state index contributed by atoms with van der Waals surface area (Å²) in [6.07, 6.45) is 3.43. The van der Waals surface area contributed by atoms with Crippen LogP contribution in [0, 0.1) is 16.7 Å². The third-order valence-corrected chi connectivity index (χ3v) is 7.26. The molecule has 1 aromatic carbocycles. The molecule has 1 unspecified atom stereocenters. The van der Waals surface area contributed by atoms with Gasteiger partial charge in [-0.2, -0.15) is 9.57 Å². The van der Waals surface area contributed by atoms with E-state index >= 15 is 0 Å². The highest BCUT2D eigenvalue weighted by Gasteiger charge is 2.34. The maximum absolute atomic E-state index is 12.8. The molecule has 1 fully saturated rings. The second-order valence-corrected chi connectivity index (χ2v) is 9.42. The SMILES string of the molecule is CC(=NOC1CCN(S(=O)(=O)c2ccc(OC(F)(F)F)cc2)CC1)C1(C#N)C=CC=CC1. The molecule has 1 heterocycles. The van der Waals surface area contributed by atoms with Crippen molar-refractivity contribution in [3.8, 4) is 11.8 Å². The van der Waals surface area contributed by atoms with Crippen LogP contribution in [0.4, 0.5) is 13.2 Å². The molecule has 0 radical (unpaired) electrons. The lowest BCUT2D eigenvalue weighted by Crippen LogP contribution is -2.40. The molecule has 172 valence electrons. The highest BCUT2D eigenvalue weighted by molar-refractivity contribution is 7.89. The van der Waals surface area contributed by atoms with Crippen molar-refractivity contribution in [3.05, 3.63) is 48.6 Å². The van der Waals surface area contributed by atoms with Crippen LogP contribution in [0.1, 0.15) is 26.2 Å². The predicted octanol–water partition coefficient (Wildman–Crippen LogP) is 4.16. The van der Waals surface area contributed by atoms with Gasteiger partial charge in [0.1, 0.15) is 17.3 Å². The summed E-state index contributed by atoms with van der Waals surface area (Å²) in [5, 5.41) is 13.7. The lowest BCUT2D eigenvalue weighted by molar-refractivity contribution is -0.274. The number of oxime groups is 1. The maximum atomic E-state index is 12.8. The molecule has 32 heavy (non-hydrogen) atoms. The molecule has 1 aliphatic heterocycles. The fourth-order valence-corrected chi connectivity index (χ4v) is 4.90. The Morgan fingerprint density at radius 2 is 1.88 bits per heavy atom. The Hall–Kier alpha value is -2.84. The number of rotatable bonds is 6. The van der Waals surface area contributed by atoms with Crippen LogP contribution in [0.2, 0.25) is 0 Å². The number of sulfonamides is 1. The monoisotopic (exact) mass is 469 g/mol. The summed E-state index contributed by atoms with van der Waals surface area (Å²) >= 11 is 0. The van der Waals surface area contributed by atoms with E-state index in [9.17, 15) is 26.9 Å². The van der Waals surface area contributed by atoms with Gasteiger partial charge >= 0.3 is 6.36 Å². The van der Waals surface area contributed by atoms with Gasteiger partial charge in [-0.05, 0) is 37.6 Å². The third-order valence-electron chi connectivity index (χ3n) is 5.35. The molecule has 1 aromatic rings. The van der Waals surface area contributed by atoms with Crippen molar-refractivity contribution in [2.75, 3.05) is 13.1 Å². The molecular formula is C21H22F3N3O4S. The molecule has 0 amide bonds. The molecule has 0 N–H and O–H groups in total. The van der Waals surface area contributed by atoms with Crippen molar-refractivity contribution in [1.29, 1.82) is 5.26 Å². The van der Waals surface area contributed by atoms with Gasteiger partial charge in [-0.25, -0.2) is 8.42 Å². The quantitative estimate of drug-likeness (QED) is 0.461. The summed E-state index contributed by atoms with van der Waals surface area (Å²) in [4.78, 5) is 5.47. The fraction of sp³-hybridized carbons (Fsp3) is 0.429. The predicted molar refractivity (Wildman–Crippen MR) is 110 cm³/mol. The molecule has 1 saturated heterocycles. The van der Waals surface area contributed by atoms with E-state index < -0.39 is 27.6 Å². The van der Waals surface area contributed by atoms with E-state index in [4.69, 9.17) is 4.84 Å². The number of nitrogens with zero attached hydrogens (tertiary/aromatic N) is 3. The first-order chi connectivity index (χ1) is 15.1. The van der Waals surface area contributed by atoms with E-state index in [1.54, 1.807) is 19.1 Å². The average Bonchev–Trinajstić information content (AvgIpc) is 2.77. The van der Waals surface area contributed by atoms with E-state index in [1.165, 1.54) is 4.31 Å². The summed E-state index contributed by atoms with van der Waals surface area (Å²) < 4.78 is 67.4. The normalized spacial score (nSPS) is 23.0. The maximum Gasteiger partial charge on any atom is 0.573 e. The first-order valence-corrected chi connectivity index (χ1v) is 11.3. The molecule has 2 aliphatic rings. The Kier molecular flexibility index (Phi) is 6.95. The van der Waals surface area contributed by atoms with E-state index in [-0.39, 0.29) is 24.1 Å². The van der Waals surface area contributed by atoms with Gasteiger partial charge in [-0.3, -0.25) is 0 Å². The minimum Gasteiger partial charge on any atom is -0.406 e. The van der Waals surface area contributed by atoms with Gasteiger partial charge in [0, 0.05) is 25.9 Å². The molecule has 1 atom stereocenters. The first-order valence-electron chi connectivity index (χ1n) is 9.88. The van der Waals surface area contributed by atoms with Gasteiger partial charge in [0.05, 0.1) is 16.7 Å². The Morgan fingerprint density at radius 1 is 1.22 bits per heavy atom. The summed E-state index contributed by atoms with van der Waals surface area (Å²) in [5.74, 6) is -0.491. The van der Waals surface area contributed by atoms with Gasteiger partial charge in [-0.15, -0.1) is 13.2 Å². The number of alkyl halides is 3. The molecule has 0 spiro atoms. The van der Waals surface area contributed by atoms with E-state index in [2.05, 4.69) is 16.0 Å². The van der Waals surface area contributed by atoms with Crippen molar-refractivity contribution in [3.63, 3.8) is 0 Å². The Bertz CT molecular complexity index is 1050. The van der Waals surface area contributed by atoms with Gasteiger partial charge in [0.15, 0.2) is 0 Å². The van der Waals surface area contributed by atoms with Crippen molar-refractivity contribution in [1.82, 2.24) is 4.31 Å². The topological polar surface area (TPSA) is 92.0 Å². The Labute approximate surface area is 184 Å². The van der Waals surface area contributed by atoms with Gasteiger partial charge in [0.25, 0.3) is 0 Å². The Morgan fingerprint density at radius 3 is 2.41 bits per heavy atom. The summed E-state index contributed by atoms with van der Waals surface area (Å²) in [6.45, 7) is 2.07. The molecule has 3 rings (SSSR count). The van der Waals surface area contributed by atoms with Crippen molar-refractivity contribution >= 4 is 15.7 Å². The van der Waals surface area contributed by atoms with Gasteiger partial charge in [-0.1, -0.05) is 29.5 Å². The number of ether oxygens (including phenoxy) is 1. The summed E-state index contributed by atoms with van der Waals surface area (Å²) in [6, 6.07) is 6.36. The number of nitriles is 1. The third kappa shape index (κ3) is 5.49. The zero-order chi connectivity index (χ0) is 23.4. The van der Waals surface area contributed by atoms with Crippen molar-refractivity contribution in [2.24, 2.45) is 10.6 Å². The summed E-state index contributed by atoms with van der Waals surface area (Å²) in [7, 11) is -3.86. The molecule has 7 nitrogen and oxygen atoms in total. The standard InChI is InChI=1S/C21H22F3N3O4S/c1-16(20(15-25)11-3-2-4-12-20)26-31-18-9-13-27(14-10-18)32(28,29)19-7-5-17(6-8-19)30-21(22,23)24/h2-8,11,18H,9-10,12-14H2,1H3. The molecule has 0 aromatic heterocycles. The average molecular weight is 469 g/mol. The molecule has 0 bridgehead atoms. The number of hydrogen-bond acceptors (Lipinski definition) is 6. The zero-order valence-electron chi connectivity index (χ0n) is 17.2. The first kappa shape index (κ1) is 23.8. The number of piperidine rings is 1. The molecule has 1 aliphatic carbocycles. The lowest BCUT2D eigenvalue weighted by atomic mass is 9.79. The second-order valence-electron chi connectivity index (χ2n) is 7.48. The van der Waals surface area contributed by atoms with Crippen LogP contribution < -0.4 is 4.74 Å². The van der Waals surface area contributed by atoms with Crippen LogP contribution in [0.3, 0.4) is 0 Å². The van der Waals surface area contributed by atoms with Crippen LogP contribution >= 0.6 is 0 Å². The van der Waals surface area contributed by atoms with Gasteiger partial charge < -0.3 is 9.57 Å². The van der Waals surface area contributed by atoms with Crippen LogP contribution in [-0.4, -0.2) is 44.0 Å². The molecule has 11 heteroatoms. The van der Waals surface area contributed by atoms with Crippen LogP contribution in [0.15, 0.2) is 58.6 Å². The van der Waals surface area contributed by atoms with E-state index in [0.717, 1.165) is 24.3 Å². The zero-order valence-corrected chi connectivity index (χ0v) is 18.1. The number of allylic oxidation sites excluding steroid dienone is 4.